The van der Waals surface area contributed by atoms with Crippen molar-refractivity contribution >= 4 is 17.1 Å². The lowest BCUT2D eigenvalue weighted by Gasteiger charge is -2.19. The van der Waals surface area contributed by atoms with E-state index in [1.807, 2.05) is 0 Å². The molecule has 0 saturated heterocycles. The van der Waals surface area contributed by atoms with E-state index in [9.17, 15) is 0 Å². The van der Waals surface area contributed by atoms with Crippen molar-refractivity contribution in [1.29, 1.82) is 0 Å². The minimum Gasteiger partial charge on any atom is -0.102 e. The molecule has 0 radical (unpaired) electrons. The van der Waals surface area contributed by atoms with Gasteiger partial charge in [0.25, 0.3) is 0 Å². The van der Waals surface area contributed by atoms with Crippen molar-refractivity contribution in [2.75, 3.05) is 0 Å². The van der Waals surface area contributed by atoms with Gasteiger partial charge in [0, 0.05) is 5.92 Å². The van der Waals surface area contributed by atoms with Crippen molar-refractivity contribution < 1.29 is 0 Å². The molecule has 2 atom stereocenters. The molecule has 0 amide bonds. The molecule has 0 nitrogen and oxygen atoms in total. The molecular weight excluding hydrogens is 416 g/mol. The monoisotopic (exact) mass is 462 g/mol. The van der Waals surface area contributed by atoms with Crippen LogP contribution < -0.4 is 0 Å². The lowest BCUT2D eigenvalue weighted by molar-refractivity contribution is 0.612. The fraction of sp³-hybridized carbons (Fsp3) is 0.531. The van der Waals surface area contributed by atoms with E-state index in [1.165, 1.54) is 69.5 Å². The van der Waals surface area contributed by atoms with Gasteiger partial charge in [-0.15, -0.1) is 6.58 Å². The number of hydrogen-bond acceptors (Lipinski definition) is 1. The number of thiocarbonyl (C=S) groups is 1. The van der Waals surface area contributed by atoms with E-state index in [-0.39, 0.29) is 0 Å². The van der Waals surface area contributed by atoms with Gasteiger partial charge in [-0.2, -0.15) is 0 Å². The number of allylic oxidation sites excluding steroid dienone is 1. The number of aryl methyl sites for hydroxylation is 2. The first kappa shape index (κ1) is 27.5. The summed E-state index contributed by atoms with van der Waals surface area (Å²) < 4.78 is 0. The van der Waals surface area contributed by atoms with Gasteiger partial charge in [0.2, 0.25) is 0 Å². The van der Waals surface area contributed by atoms with Gasteiger partial charge in [-0.05, 0) is 110 Å². The topological polar surface area (TPSA) is 0 Å². The molecule has 0 aliphatic rings. The highest BCUT2D eigenvalue weighted by molar-refractivity contribution is 7.80. The Morgan fingerprint density at radius 2 is 1.58 bits per heavy atom. The molecule has 0 N–H and O–H groups in total. The quantitative estimate of drug-likeness (QED) is 0.162. The van der Waals surface area contributed by atoms with Crippen molar-refractivity contribution in [3.63, 3.8) is 0 Å². The van der Waals surface area contributed by atoms with E-state index in [4.69, 9.17) is 12.2 Å². The second-order valence-electron chi connectivity index (χ2n) is 10.6. The molecule has 0 fully saturated rings. The maximum atomic E-state index is 5.85. The standard InChI is InChI=1S/C32H46S/c1-9-28(31-20-23(4)19-24(5)26(31)7)14-11-10-12-17-32(33)25(6)21-30-16-13-15-29(27(30)8)18-22(2)3/h9,13,15-16,19-20,22,25,28H,1,10-12,14,17-18,21H2,2-8H3. The van der Waals surface area contributed by atoms with Gasteiger partial charge in [0.05, 0.1) is 0 Å². The van der Waals surface area contributed by atoms with Gasteiger partial charge >= 0.3 is 0 Å². The molecule has 2 rings (SSSR count). The van der Waals surface area contributed by atoms with E-state index in [2.05, 4.69) is 91.5 Å². The summed E-state index contributed by atoms with van der Waals surface area (Å²) in [5, 5.41) is 0. The molecule has 0 saturated carbocycles. The molecule has 0 aliphatic carbocycles. The fourth-order valence-electron chi connectivity index (χ4n) is 5.01. The van der Waals surface area contributed by atoms with Crippen LogP contribution in [0.5, 0.6) is 0 Å². The van der Waals surface area contributed by atoms with Crippen LogP contribution in [0.25, 0.3) is 0 Å². The van der Waals surface area contributed by atoms with Crippen molar-refractivity contribution in [1.82, 2.24) is 0 Å². The van der Waals surface area contributed by atoms with Gasteiger partial charge < -0.3 is 0 Å². The van der Waals surface area contributed by atoms with Gasteiger partial charge in [-0.1, -0.05) is 87.8 Å². The van der Waals surface area contributed by atoms with Crippen LogP contribution in [0.4, 0.5) is 0 Å². The molecule has 0 aromatic heterocycles. The summed E-state index contributed by atoms with van der Waals surface area (Å²) in [6.45, 7) is 20.0. The minimum atomic E-state index is 0.454. The first-order chi connectivity index (χ1) is 15.6. The Hall–Kier alpha value is -1.73. The molecular formula is C32H46S. The zero-order valence-electron chi connectivity index (χ0n) is 22.3. The zero-order valence-corrected chi connectivity index (χ0v) is 23.1. The number of hydrogen-bond donors (Lipinski definition) is 0. The maximum Gasteiger partial charge on any atom is 0.00181 e. The average molecular weight is 463 g/mol. The summed E-state index contributed by atoms with van der Waals surface area (Å²) in [7, 11) is 0. The van der Waals surface area contributed by atoms with Crippen molar-refractivity contribution in [3.8, 4) is 0 Å². The number of benzene rings is 2. The first-order valence-electron chi connectivity index (χ1n) is 12.9. The average Bonchev–Trinajstić information content (AvgIpc) is 2.75. The largest absolute Gasteiger partial charge is 0.102 e. The molecule has 0 spiro atoms. The third kappa shape index (κ3) is 8.21. The van der Waals surface area contributed by atoms with Gasteiger partial charge in [0.1, 0.15) is 0 Å². The molecule has 33 heavy (non-hydrogen) atoms. The Balaban J connectivity index is 1.82. The molecule has 2 unspecified atom stereocenters. The summed E-state index contributed by atoms with van der Waals surface area (Å²) in [4.78, 5) is 1.24. The first-order valence-corrected chi connectivity index (χ1v) is 13.3. The van der Waals surface area contributed by atoms with Crippen LogP contribution in [0.1, 0.15) is 97.7 Å². The highest BCUT2D eigenvalue weighted by Crippen LogP contribution is 2.29. The zero-order chi connectivity index (χ0) is 24.5. The molecule has 0 bridgehead atoms. The molecule has 180 valence electrons. The summed E-state index contributed by atoms with van der Waals surface area (Å²) in [5.41, 5.74) is 10.1. The highest BCUT2D eigenvalue weighted by atomic mass is 32.1. The summed E-state index contributed by atoms with van der Waals surface area (Å²) in [5.74, 6) is 1.61. The predicted molar refractivity (Wildman–Crippen MR) is 152 cm³/mol. The van der Waals surface area contributed by atoms with E-state index in [1.54, 1.807) is 0 Å². The van der Waals surface area contributed by atoms with Crippen LogP contribution in [0.2, 0.25) is 0 Å². The summed E-state index contributed by atoms with van der Waals surface area (Å²) in [6.07, 6.45) is 10.3. The van der Waals surface area contributed by atoms with Gasteiger partial charge in [-0.25, -0.2) is 0 Å². The van der Waals surface area contributed by atoms with Crippen LogP contribution in [0.15, 0.2) is 43.0 Å². The summed E-state index contributed by atoms with van der Waals surface area (Å²) in [6, 6.07) is 11.4. The van der Waals surface area contributed by atoms with Crippen molar-refractivity contribution in [3.05, 3.63) is 81.9 Å². The normalized spacial score (nSPS) is 13.2. The SMILES string of the molecule is C=CC(CCCCCC(=S)C(C)Cc1cccc(CC(C)C)c1C)c1cc(C)cc(C)c1C. The Bertz CT molecular complexity index is 934. The lowest BCUT2D eigenvalue weighted by atomic mass is 9.86. The second kappa shape index (κ2) is 13.2. The molecule has 2 aromatic carbocycles. The minimum absolute atomic E-state index is 0.454. The number of rotatable bonds is 13. The molecule has 2 aromatic rings. The van der Waals surface area contributed by atoms with Gasteiger partial charge in [0.15, 0.2) is 0 Å². The Labute approximate surface area is 209 Å². The second-order valence-corrected chi connectivity index (χ2v) is 11.1. The number of unbranched alkanes of at least 4 members (excludes halogenated alkanes) is 2. The van der Waals surface area contributed by atoms with E-state index >= 15 is 0 Å². The van der Waals surface area contributed by atoms with Crippen LogP contribution in [-0.2, 0) is 12.8 Å². The third-order valence-corrected chi connectivity index (χ3v) is 7.84. The van der Waals surface area contributed by atoms with E-state index in [0.29, 0.717) is 17.8 Å². The van der Waals surface area contributed by atoms with Crippen LogP contribution >= 0.6 is 12.2 Å². The van der Waals surface area contributed by atoms with Crippen molar-refractivity contribution in [2.24, 2.45) is 11.8 Å². The Kier molecular flexibility index (Phi) is 11.0. The highest BCUT2D eigenvalue weighted by Gasteiger charge is 2.15. The van der Waals surface area contributed by atoms with E-state index < -0.39 is 0 Å². The third-order valence-electron chi connectivity index (χ3n) is 7.24. The predicted octanol–water partition coefficient (Wildman–Crippen LogP) is 9.59. The fourth-order valence-corrected chi connectivity index (χ4v) is 5.23. The van der Waals surface area contributed by atoms with Crippen LogP contribution in [0, 0.1) is 39.5 Å². The molecule has 0 aliphatic heterocycles. The van der Waals surface area contributed by atoms with E-state index in [0.717, 1.165) is 19.3 Å². The van der Waals surface area contributed by atoms with Crippen molar-refractivity contribution in [2.45, 2.75) is 99.3 Å². The lowest BCUT2D eigenvalue weighted by Crippen LogP contribution is -2.13. The Morgan fingerprint density at radius 1 is 0.909 bits per heavy atom. The summed E-state index contributed by atoms with van der Waals surface area (Å²) >= 11 is 5.85. The smallest absolute Gasteiger partial charge is 0.00181 e. The maximum absolute atomic E-state index is 5.85. The molecule has 1 heteroatoms. The van der Waals surface area contributed by atoms with Gasteiger partial charge in [-0.3, -0.25) is 0 Å². The molecule has 0 heterocycles. The van der Waals surface area contributed by atoms with Crippen LogP contribution in [-0.4, -0.2) is 4.86 Å². The Morgan fingerprint density at radius 3 is 2.21 bits per heavy atom. The van der Waals surface area contributed by atoms with Crippen LogP contribution in [0.3, 0.4) is 0 Å².